The number of nitrogens with zero attached hydrogens (tertiary/aromatic N) is 1. The Morgan fingerprint density at radius 3 is 2.97 bits per heavy atom. The molecule has 1 heterocycles. The van der Waals surface area contributed by atoms with Crippen LogP contribution in [-0.2, 0) is 13.8 Å². The molecule has 2 N–H and O–H groups in total. The number of ether oxygens (including phenoxy) is 1. The van der Waals surface area contributed by atoms with Crippen molar-refractivity contribution < 1.29 is 22.9 Å². The molecule has 0 spiro atoms. The Kier molecular flexibility index (Phi) is 9.72. The van der Waals surface area contributed by atoms with Crippen molar-refractivity contribution in [1.82, 2.24) is 14.9 Å². The molecule has 1 fully saturated rings. The summed E-state index contributed by atoms with van der Waals surface area (Å²) < 4.78 is 25.8. The largest absolute Gasteiger partial charge is 0.484 e. The molecule has 2 atom stereocenters. The third-order valence-corrected chi connectivity index (χ3v) is 5.08. The fraction of sp³-hybridized carbons (Fsp3) is 0.474. The topological polar surface area (TPSA) is 79.7 Å². The second-order valence-corrected chi connectivity index (χ2v) is 7.68. The highest BCUT2D eigenvalue weighted by Gasteiger charge is 2.42. The number of rotatable bonds is 13. The third-order valence-electron chi connectivity index (χ3n) is 3.91. The molecule has 0 aliphatic carbocycles. The summed E-state index contributed by atoms with van der Waals surface area (Å²) in [6.45, 7) is 7.22. The smallest absolute Gasteiger partial charge is 0.257 e. The van der Waals surface area contributed by atoms with Crippen LogP contribution in [0, 0.1) is 5.82 Å². The first-order valence-electron chi connectivity index (χ1n) is 9.30. The van der Waals surface area contributed by atoms with E-state index in [2.05, 4.69) is 24.1 Å². The summed E-state index contributed by atoms with van der Waals surface area (Å²) in [5.41, 5.74) is 0.514. The molecule has 0 bridgehead atoms. The molecule has 10 heteroatoms. The highest BCUT2D eigenvalue weighted by Crippen LogP contribution is 2.29. The van der Waals surface area contributed by atoms with Crippen molar-refractivity contribution >= 4 is 35.6 Å². The molecular formula is C19H25ClFN3O4S. The predicted molar refractivity (Wildman–Crippen MR) is 111 cm³/mol. The monoisotopic (exact) mass is 445 g/mol. The number of hydrogen-bond acceptors (Lipinski definition) is 6. The van der Waals surface area contributed by atoms with E-state index in [1.807, 2.05) is 4.31 Å². The lowest BCUT2D eigenvalue weighted by Crippen LogP contribution is -2.33. The Bertz CT molecular complexity index is 737. The maximum absolute atomic E-state index is 13.3. The van der Waals surface area contributed by atoms with E-state index in [-0.39, 0.29) is 35.2 Å². The summed E-state index contributed by atoms with van der Waals surface area (Å²) in [7, 11) is 0. The number of hydrogen-bond donors (Lipinski definition) is 2. The van der Waals surface area contributed by atoms with E-state index in [1.165, 1.54) is 24.4 Å². The van der Waals surface area contributed by atoms with Crippen molar-refractivity contribution in [3.63, 3.8) is 0 Å². The molecule has 1 aromatic carbocycles. The minimum atomic E-state index is -0.614. The van der Waals surface area contributed by atoms with E-state index in [0.29, 0.717) is 31.8 Å². The maximum Gasteiger partial charge on any atom is 0.257 e. The van der Waals surface area contributed by atoms with Crippen molar-refractivity contribution in [3.8, 4) is 5.75 Å². The first kappa shape index (κ1) is 23.5. The van der Waals surface area contributed by atoms with Crippen molar-refractivity contribution in [2.45, 2.75) is 32.2 Å². The molecule has 160 valence electrons. The highest BCUT2D eigenvalue weighted by atomic mass is 35.5. The molecule has 29 heavy (non-hydrogen) atoms. The summed E-state index contributed by atoms with van der Waals surface area (Å²) >= 11 is 6.80. The van der Waals surface area contributed by atoms with Crippen LogP contribution in [0.15, 0.2) is 30.5 Å². The van der Waals surface area contributed by atoms with Crippen LogP contribution in [0.4, 0.5) is 4.39 Å². The van der Waals surface area contributed by atoms with Crippen LogP contribution in [-0.4, -0.2) is 48.5 Å². The molecule has 0 aromatic heterocycles. The summed E-state index contributed by atoms with van der Waals surface area (Å²) in [4.78, 5) is 23.9. The number of amides is 2. The van der Waals surface area contributed by atoms with Gasteiger partial charge in [0, 0.05) is 31.3 Å². The van der Waals surface area contributed by atoms with Crippen LogP contribution >= 0.6 is 23.8 Å². The molecule has 2 rings (SSSR count). The Balaban J connectivity index is 1.55. The van der Waals surface area contributed by atoms with Gasteiger partial charge in [-0.05, 0) is 18.6 Å². The molecule has 0 saturated carbocycles. The van der Waals surface area contributed by atoms with E-state index < -0.39 is 5.82 Å². The summed E-state index contributed by atoms with van der Waals surface area (Å²) in [5.74, 6) is -0.907. The molecule has 0 radical (unpaired) electrons. The van der Waals surface area contributed by atoms with Crippen molar-refractivity contribution in [2.75, 3.05) is 26.3 Å². The van der Waals surface area contributed by atoms with Gasteiger partial charge < -0.3 is 19.6 Å². The van der Waals surface area contributed by atoms with Crippen LogP contribution in [0.2, 0.25) is 5.02 Å². The van der Waals surface area contributed by atoms with E-state index >= 15 is 0 Å². The standard InChI is InChI=1S/C19H25ClFN3O4S/c1-3-4-9-28-29-24-11-17(24)19(26)23-13(2)7-8-22-18(25)12-27-14-5-6-15(20)16(21)10-14/h5-6,10,17H,2-4,7-9,11-12H2,1H3,(H,22,25)(H,23,26). The zero-order valence-electron chi connectivity index (χ0n) is 16.2. The van der Waals surface area contributed by atoms with Gasteiger partial charge in [0.15, 0.2) is 6.61 Å². The summed E-state index contributed by atoms with van der Waals surface area (Å²) in [6.07, 6.45) is 2.44. The van der Waals surface area contributed by atoms with Crippen LogP contribution in [0.25, 0.3) is 0 Å². The van der Waals surface area contributed by atoms with Gasteiger partial charge in [-0.15, -0.1) is 0 Å². The lowest BCUT2D eigenvalue weighted by molar-refractivity contribution is -0.123. The number of nitrogens with one attached hydrogen (secondary N) is 2. The maximum atomic E-state index is 13.3. The van der Waals surface area contributed by atoms with Crippen molar-refractivity contribution in [3.05, 3.63) is 41.3 Å². The van der Waals surface area contributed by atoms with E-state index in [9.17, 15) is 14.0 Å². The van der Waals surface area contributed by atoms with Crippen molar-refractivity contribution in [1.29, 1.82) is 0 Å². The predicted octanol–water partition coefficient (Wildman–Crippen LogP) is 3.06. The Hall–Kier alpha value is -1.81. The van der Waals surface area contributed by atoms with Gasteiger partial charge in [-0.25, -0.2) is 8.70 Å². The second-order valence-electron chi connectivity index (χ2n) is 6.42. The first-order chi connectivity index (χ1) is 13.9. The van der Waals surface area contributed by atoms with Gasteiger partial charge in [0.05, 0.1) is 23.9 Å². The number of benzene rings is 1. The second kappa shape index (κ2) is 12.0. The Morgan fingerprint density at radius 2 is 2.24 bits per heavy atom. The number of unbranched alkanes of at least 4 members (excludes halogenated alkanes) is 1. The fourth-order valence-electron chi connectivity index (χ4n) is 2.17. The average molecular weight is 446 g/mol. The molecule has 7 nitrogen and oxygen atoms in total. The van der Waals surface area contributed by atoms with Gasteiger partial charge in [-0.1, -0.05) is 31.5 Å². The van der Waals surface area contributed by atoms with Crippen LogP contribution < -0.4 is 15.4 Å². The lowest BCUT2D eigenvalue weighted by Gasteiger charge is -2.10. The minimum absolute atomic E-state index is 0.0145. The molecule has 2 amide bonds. The first-order valence-corrected chi connectivity index (χ1v) is 10.4. The normalized spacial score (nSPS) is 17.5. The molecule has 2 unspecified atom stereocenters. The quantitative estimate of drug-likeness (QED) is 0.210. The fourth-order valence-corrected chi connectivity index (χ4v) is 3.01. The molecular weight excluding hydrogens is 421 g/mol. The highest BCUT2D eigenvalue weighted by molar-refractivity contribution is 7.92. The number of halogens is 2. The molecule has 1 aromatic rings. The Labute approximate surface area is 179 Å². The van der Waals surface area contributed by atoms with E-state index in [4.69, 9.17) is 20.5 Å². The van der Waals surface area contributed by atoms with Crippen LogP contribution in [0.1, 0.15) is 26.2 Å². The van der Waals surface area contributed by atoms with E-state index in [0.717, 1.165) is 18.9 Å². The number of carbonyl (C=O) groups excluding carboxylic acids is 2. The van der Waals surface area contributed by atoms with Gasteiger partial charge in [0.25, 0.3) is 5.91 Å². The third kappa shape index (κ3) is 8.61. The van der Waals surface area contributed by atoms with Crippen LogP contribution in [0.5, 0.6) is 5.75 Å². The zero-order chi connectivity index (χ0) is 21.2. The number of carbonyl (C=O) groups is 2. The Morgan fingerprint density at radius 1 is 1.45 bits per heavy atom. The van der Waals surface area contributed by atoms with Crippen LogP contribution in [0.3, 0.4) is 0 Å². The lowest BCUT2D eigenvalue weighted by atomic mass is 10.3. The van der Waals surface area contributed by atoms with Crippen molar-refractivity contribution in [2.24, 2.45) is 0 Å². The van der Waals surface area contributed by atoms with Gasteiger partial charge >= 0.3 is 0 Å². The SMILES string of the molecule is C=C(CCNC(=O)COc1ccc(Cl)c(F)c1)NC(=O)C1CN1SOCCCC. The van der Waals surface area contributed by atoms with Gasteiger partial charge in [0.2, 0.25) is 5.91 Å². The van der Waals surface area contributed by atoms with E-state index in [1.54, 1.807) is 0 Å². The minimum Gasteiger partial charge on any atom is -0.484 e. The van der Waals surface area contributed by atoms with Gasteiger partial charge in [0.1, 0.15) is 17.6 Å². The van der Waals surface area contributed by atoms with Gasteiger partial charge in [-0.2, -0.15) is 0 Å². The molecule has 1 aliphatic rings. The molecule has 1 saturated heterocycles. The van der Waals surface area contributed by atoms with Gasteiger partial charge in [-0.3, -0.25) is 9.59 Å². The summed E-state index contributed by atoms with van der Waals surface area (Å²) in [6, 6.07) is 3.72. The summed E-state index contributed by atoms with van der Waals surface area (Å²) in [5, 5.41) is 5.37. The average Bonchev–Trinajstić information content (AvgIpc) is 3.46. The molecule has 1 aliphatic heterocycles. The zero-order valence-corrected chi connectivity index (χ0v) is 17.8.